The number of nitrogens with one attached hydrogen (secondary N) is 1. The molecule has 0 atom stereocenters. The summed E-state index contributed by atoms with van der Waals surface area (Å²) in [5, 5.41) is 6.90. The van der Waals surface area contributed by atoms with Crippen molar-refractivity contribution in [1.29, 1.82) is 0 Å². The van der Waals surface area contributed by atoms with E-state index >= 15 is 0 Å². The van der Waals surface area contributed by atoms with Gasteiger partial charge >= 0.3 is 0 Å². The number of methoxy groups -OCH3 is 1. The fourth-order valence-corrected chi connectivity index (χ4v) is 1.65. The van der Waals surface area contributed by atoms with Crippen LogP contribution in [0.4, 0.5) is 0 Å². The molecule has 0 aliphatic rings. The maximum Gasteiger partial charge on any atom is 0.184 e. The van der Waals surface area contributed by atoms with Gasteiger partial charge < -0.3 is 4.74 Å². The molecular weight excluding hydrogens is 258 g/mol. The Labute approximate surface area is 95.8 Å². The molecule has 1 aromatic carbocycles. The molecule has 1 N–H and O–H groups in total. The van der Waals surface area contributed by atoms with Crippen molar-refractivity contribution in [1.82, 2.24) is 15.2 Å². The normalized spacial score (nSPS) is 10.3. The van der Waals surface area contributed by atoms with Crippen LogP contribution in [0.2, 0.25) is 0 Å². The lowest BCUT2D eigenvalue weighted by Crippen LogP contribution is -1.89. The van der Waals surface area contributed by atoms with Crippen LogP contribution in [0.25, 0.3) is 11.4 Å². The summed E-state index contributed by atoms with van der Waals surface area (Å²) in [6, 6.07) is 5.75. The Kier molecular flexibility index (Phi) is 2.73. The molecule has 0 saturated carbocycles. The Morgan fingerprint density at radius 2 is 2.20 bits per heavy atom. The second-order valence-corrected chi connectivity index (χ2v) is 4.00. The molecule has 5 heteroatoms. The number of benzene rings is 1. The SMILES string of the molecule is COc1cc(Br)ccc1-c1n[nH]c(C)n1. The lowest BCUT2D eigenvalue weighted by molar-refractivity contribution is 0.416. The van der Waals surface area contributed by atoms with Crippen LogP contribution in [0.5, 0.6) is 5.75 Å². The summed E-state index contributed by atoms with van der Waals surface area (Å²) in [4.78, 5) is 4.26. The zero-order valence-electron chi connectivity index (χ0n) is 8.41. The standard InChI is InChI=1S/C10H10BrN3O/c1-6-12-10(14-13-6)8-4-3-7(11)5-9(8)15-2/h3-5H,1-2H3,(H,12,13,14). The van der Waals surface area contributed by atoms with E-state index in [0.717, 1.165) is 21.6 Å². The van der Waals surface area contributed by atoms with Gasteiger partial charge in [-0.1, -0.05) is 15.9 Å². The van der Waals surface area contributed by atoms with E-state index in [4.69, 9.17) is 4.74 Å². The van der Waals surface area contributed by atoms with Crippen LogP contribution in [-0.4, -0.2) is 22.3 Å². The summed E-state index contributed by atoms with van der Waals surface area (Å²) in [7, 11) is 1.63. The molecule has 0 fully saturated rings. The summed E-state index contributed by atoms with van der Waals surface area (Å²) in [6.07, 6.45) is 0. The lowest BCUT2D eigenvalue weighted by Gasteiger charge is -2.05. The Morgan fingerprint density at radius 1 is 1.40 bits per heavy atom. The third-order valence-corrected chi connectivity index (χ3v) is 2.49. The van der Waals surface area contributed by atoms with Gasteiger partial charge in [-0.05, 0) is 25.1 Å². The number of rotatable bonds is 2. The highest BCUT2D eigenvalue weighted by Crippen LogP contribution is 2.30. The fraction of sp³-hybridized carbons (Fsp3) is 0.200. The molecule has 1 aromatic heterocycles. The number of hydrogen-bond donors (Lipinski definition) is 1. The summed E-state index contributed by atoms with van der Waals surface area (Å²) in [5.41, 5.74) is 0.880. The van der Waals surface area contributed by atoms with Crippen molar-refractivity contribution in [3.8, 4) is 17.1 Å². The minimum Gasteiger partial charge on any atom is -0.496 e. The monoisotopic (exact) mass is 267 g/mol. The number of halogens is 1. The van der Waals surface area contributed by atoms with Gasteiger partial charge in [-0.2, -0.15) is 5.10 Å². The van der Waals surface area contributed by atoms with Crippen molar-refractivity contribution in [2.24, 2.45) is 0 Å². The van der Waals surface area contributed by atoms with E-state index in [0.29, 0.717) is 5.82 Å². The van der Waals surface area contributed by atoms with Gasteiger partial charge in [-0.15, -0.1) is 0 Å². The largest absolute Gasteiger partial charge is 0.496 e. The highest BCUT2D eigenvalue weighted by molar-refractivity contribution is 9.10. The Morgan fingerprint density at radius 3 is 2.80 bits per heavy atom. The average Bonchev–Trinajstić information content (AvgIpc) is 2.64. The lowest BCUT2D eigenvalue weighted by atomic mass is 10.2. The molecule has 0 spiro atoms. The van der Waals surface area contributed by atoms with E-state index in [2.05, 4.69) is 31.1 Å². The topological polar surface area (TPSA) is 50.8 Å². The van der Waals surface area contributed by atoms with E-state index in [1.807, 2.05) is 25.1 Å². The van der Waals surface area contributed by atoms with Gasteiger partial charge in [0.05, 0.1) is 12.7 Å². The predicted molar refractivity (Wildman–Crippen MR) is 60.8 cm³/mol. The van der Waals surface area contributed by atoms with E-state index in [-0.39, 0.29) is 0 Å². The molecule has 0 saturated heterocycles. The van der Waals surface area contributed by atoms with Crippen molar-refractivity contribution in [2.75, 3.05) is 7.11 Å². The van der Waals surface area contributed by atoms with E-state index < -0.39 is 0 Å². The van der Waals surface area contributed by atoms with Gasteiger partial charge in [0.15, 0.2) is 5.82 Å². The molecule has 78 valence electrons. The molecular formula is C10H10BrN3O. The van der Waals surface area contributed by atoms with Crippen molar-refractivity contribution in [3.63, 3.8) is 0 Å². The molecule has 2 rings (SSSR count). The highest BCUT2D eigenvalue weighted by Gasteiger charge is 2.10. The summed E-state index contributed by atoms with van der Waals surface area (Å²) < 4.78 is 6.23. The number of aryl methyl sites for hydroxylation is 1. The molecule has 0 unspecified atom stereocenters. The van der Waals surface area contributed by atoms with Gasteiger partial charge in [-0.3, -0.25) is 5.10 Å². The first-order valence-electron chi connectivity index (χ1n) is 4.43. The molecule has 0 aliphatic heterocycles. The molecule has 4 nitrogen and oxygen atoms in total. The molecule has 1 heterocycles. The van der Waals surface area contributed by atoms with Crippen LogP contribution >= 0.6 is 15.9 Å². The van der Waals surface area contributed by atoms with Gasteiger partial charge in [0.25, 0.3) is 0 Å². The van der Waals surface area contributed by atoms with Crippen LogP contribution in [0.15, 0.2) is 22.7 Å². The smallest absolute Gasteiger partial charge is 0.184 e. The number of aromatic nitrogens is 3. The third-order valence-electron chi connectivity index (χ3n) is 2.00. The minimum absolute atomic E-state index is 0.650. The zero-order valence-corrected chi connectivity index (χ0v) is 10.00. The molecule has 0 bridgehead atoms. The van der Waals surface area contributed by atoms with Crippen LogP contribution in [0, 0.1) is 6.92 Å². The van der Waals surface area contributed by atoms with Crippen LogP contribution < -0.4 is 4.74 Å². The van der Waals surface area contributed by atoms with Crippen molar-refractivity contribution >= 4 is 15.9 Å². The Balaban J connectivity index is 2.52. The van der Waals surface area contributed by atoms with Gasteiger partial charge in [0, 0.05) is 4.47 Å². The van der Waals surface area contributed by atoms with E-state index in [1.165, 1.54) is 0 Å². The van der Waals surface area contributed by atoms with E-state index in [1.54, 1.807) is 7.11 Å². The Bertz CT molecular complexity index is 481. The molecule has 0 amide bonds. The minimum atomic E-state index is 0.650. The maximum atomic E-state index is 5.27. The van der Waals surface area contributed by atoms with Crippen LogP contribution in [0.3, 0.4) is 0 Å². The summed E-state index contributed by atoms with van der Waals surface area (Å²) in [5.74, 6) is 2.19. The van der Waals surface area contributed by atoms with E-state index in [9.17, 15) is 0 Å². The zero-order chi connectivity index (χ0) is 10.8. The average molecular weight is 268 g/mol. The first-order chi connectivity index (χ1) is 7.20. The second kappa shape index (κ2) is 4.02. The number of aromatic amines is 1. The highest BCUT2D eigenvalue weighted by atomic mass is 79.9. The fourth-order valence-electron chi connectivity index (χ4n) is 1.31. The number of hydrogen-bond acceptors (Lipinski definition) is 3. The molecule has 0 radical (unpaired) electrons. The third kappa shape index (κ3) is 2.02. The van der Waals surface area contributed by atoms with Gasteiger partial charge in [-0.25, -0.2) is 4.98 Å². The summed E-state index contributed by atoms with van der Waals surface area (Å²) >= 11 is 3.39. The van der Waals surface area contributed by atoms with Crippen molar-refractivity contribution in [2.45, 2.75) is 6.92 Å². The number of nitrogens with zero attached hydrogens (tertiary/aromatic N) is 2. The molecule has 15 heavy (non-hydrogen) atoms. The first kappa shape index (κ1) is 10.2. The van der Waals surface area contributed by atoms with Crippen LogP contribution in [0.1, 0.15) is 5.82 Å². The maximum absolute atomic E-state index is 5.27. The van der Waals surface area contributed by atoms with Crippen molar-refractivity contribution < 1.29 is 4.74 Å². The first-order valence-corrected chi connectivity index (χ1v) is 5.23. The van der Waals surface area contributed by atoms with Crippen molar-refractivity contribution in [3.05, 3.63) is 28.5 Å². The predicted octanol–water partition coefficient (Wildman–Crippen LogP) is 2.55. The Hall–Kier alpha value is -1.36. The number of H-pyrrole nitrogens is 1. The molecule has 2 aromatic rings. The quantitative estimate of drug-likeness (QED) is 0.910. The van der Waals surface area contributed by atoms with Gasteiger partial charge in [0.1, 0.15) is 11.6 Å². The second-order valence-electron chi connectivity index (χ2n) is 3.09. The summed E-state index contributed by atoms with van der Waals surface area (Å²) in [6.45, 7) is 1.86. The molecule has 0 aliphatic carbocycles. The number of ether oxygens (including phenoxy) is 1. The van der Waals surface area contributed by atoms with Gasteiger partial charge in [0.2, 0.25) is 0 Å². The van der Waals surface area contributed by atoms with Crippen LogP contribution in [-0.2, 0) is 0 Å².